The second-order valence-electron chi connectivity index (χ2n) is 13.5. The summed E-state index contributed by atoms with van der Waals surface area (Å²) >= 11 is 3.56. The molecule has 10 heteroatoms. The second-order valence-corrected chi connectivity index (χ2v) is 14.3. The number of aromatic amines is 2. The molecule has 0 fully saturated rings. The number of aryl methyl sites for hydroxylation is 2. The number of H-pyrrole nitrogens is 2. The normalized spacial score (nSPS) is 11.1. The number of halogens is 1. The van der Waals surface area contributed by atoms with E-state index >= 15 is 4.79 Å². The second kappa shape index (κ2) is 17.0. The molecule has 0 saturated carbocycles. The number of anilines is 2. The third-order valence-electron chi connectivity index (χ3n) is 9.81. The minimum Gasteiger partial charge on any atom is -0.310 e. The molecule has 0 aliphatic carbocycles. The molecule has 1 amide bonds. The van der Waals surface area contributed by atoms with E-state index in [1.54, 1.807) is 13.1 Å². The molecule has 5 aromatic carbocycles. The Hall–Kier alpha value is -6.00. The minimum absolute atomic E-state index is 0.106. The summed E-state index contributed by atoms with van der Waals surface area (Å²) in [5, 5.41) is 16.4. The van der Waals surface area contributed by atoms with E-state index in [2.05, 4.69) is 103 Å². The van der Waals surface area contributed by atoms with Crippen LogP contribution in [0.4, 0.5) is 11.4 Å². The summed E-state index contributed by atoms with van der Waals surface area (Å²) in [5.41, 5.74) is 10.2. The topological polar surface area (TPSA) is 121 Å². The number of rotatable bonds is 13. The van der Waals surface area contributed by atoms with Crippen molar-refractivity contribution in [1.29, 1.82) is 0 Å². The highest BCUT2D eigenvalue weighted by Gasteiger charge is 2.35. The number of benzene rings is 5. The number of nitrogens with zero attached hydrogens (tertiary/aromatic N) is 5. The van der Waals surface area contributed by atoms with Gasteiger partial charge >= 0.3 is 0 Å². The van der Waals surface area contributed by atoms with Gasteiger partial charge < -0.3 is 4.98 Å². The Balaban J connectivity index is 1.81. The summed E-state index contributed by atoms with van der Waals surface area (Å²) in [6, 6.07) is 36.5. The number of nitrogens with one attached hydrogen (secondary N) is 2. The summed E-state index contributed by atoms with van der Waals surface area (Å²) in [6.45, 7) is 6.06. The fraction of sp³-hybridized carbons (Fsp3) is 0.200. The molecule has 0 atom stereocenters. The predicted molar refractivity (Wildman–Crippen MR) is 224 cm³/mol. The van der Waals surface area contributed by atoms with Crippen LogP contribution in [-0.2, 0) is 11.2 Å². The molecular formula is C45H42BrN7O2. The van der Waals surface area contributed by atoms with E-state index in [1.807, 2.05) is 71.6 Å². The molecule has 2 heterocycles. The Morgan fingerprint density at radius 3 is 2.04 bits per heavy atom. The Morgan fingerprint density at radius 2 is 1.42 bits per heavy atom. The van der Waals surface area contributed by atoms with E-state index in [-0.39, 0.29) is 17.9 Å². The van der Waals surface area contributed by atoms with E-state index in [4.69, 9.17) is 0 Å². The maximum atomic E-state index is 15.0. The van der Waals surface area contributed by atoms with Gasteiger partial charge in [-0.05, 0) is 94.6 Å². The van der Waals surface area contributed by atoms with Gasteiger partial charge in [-0.25, -0.2) is 10.1 Å². The van der Waals surface area contributed by atoms with Gasteiger partial charge in [-0.2, -0.15) is 0 Å². The van der Waals surface area contributed by atoms with Crippen molar-refractivity contribution in [2.45, 2.75) is 52.9 Å². The van der Waals surface area contributed by atoms with Crippen LogP contribution in [0.3, 0.4) is 0 Å². The number of hydrogen-bond acceptors (Lipinski definition) is 6. The van der Waals surface area contributed by atoms with Crippen LogP contribution in [0.25, 0.3) is 55.9 Å². The average Bonchev–Trinajstić information content (AvgIpc) is 3.75. The van der Waals surface area contributed by atoms with E-state index in [9.17, 15) is 4.79 Å². The third kappa shape index (κ3) is 7.55. The molecule has 0 aliphatic rings. The maximum Gasteiger partial charge on any atom is 0.258 e. The van der Waals surface area contributed by atoms with E-state index in [0.717, 1.165) is 57.3 Å². The fourth-order valence-corrected chi connectivity index (χ4v) is 7.70. The highest BCUT2D eigenvalue weighted by atomic mass is 79.9. The van der Waals surface area contributed by atoms with Crippen LogP contribution in [0.5, 0.6) is 0 Å². The van der Waals surface area contributed by atoms with Gasteiger partial charge in [0.05, 0.1) is 16.8 Å². The van der Waals surface area contributed by atoms with Crippen LogP contribution in [-0.4, -0.2) is 41.8 Å². The first kappa shape index (κ1) is 37.3. The number of tetrazole rings is 1. The van der Waals surface area contributed by atoms with Crippen molar-refractivity contribution < 1.29 is 4.79 Å². The smallest absolute Gasteiger partial charge is 0.258 e. The van der Waals surface area contributed by atoms with E-state index < -0.39 is 0 Å². The first-order valence-electron chi connectivity index (χ1n) is 18.6. The van der Waals surface area contributed by atoms with Crippen molar-refractivity contribution in [2.24, 2.45) is 0 Å². The Labute approximate surface area is 329 Å². The lowest BCUT2D eigenvalue weighted by Gasteiger charge is -2.33. The summed E-state index contributed by atoms with van der Waals surface area (Å²) in [4.78, 5) is 38.7. The molecule has 7 aromatic rings. The quantitative estimate of drug-likeness (QED) is 0.112. The molecule has 0 bridgehead atoms. The van der Waals surface area contributed by atoms with E-state index in [0.29, 0.717) is 57.9 Å². The zero-order chi connectivity index (χ0) is 38.3. The number of amides is 1. The molecule has 0 aliphatic heterocycles. The molecule has 2 N–H and O–H groups in total. The first-order chi connectivity index (χ1) is 26.9. The molecule has 7 rings (SSSR count). The molecule has 2 aromatic heterocycles. The van der Waals surface area contributed by atoms with Gasteiger partial charge in [0.25, 0.3) is 5.56 Å². The number of alkyl halides is 1. The van der Waals surface area contributed by atoms with Crippen molar-refractivity contribution in [3.05, 3.63) is 143 Å². The Morgan fingerprint density at radius 1 is 0.745 bits per heavy atom. The van der Waals surface area contributed by atoms with E-state index in [1.165, 1.54) is 0 Å². The molecule has 0 saturated heterocycles. The van der Waals surface area contributed by atoms with Crippen molar-refractivity contribution in [3.63, 3.8) is 0 Å². The van der Waals surface area contributed by atoms with Gasteiger partial charge in [0.2, 0.25) is 5.91 Å². The highest BCUT2D eigenvalue weighted by Crippen LogP contribution is 2.55. The zero-order valence-corrected chi connectivity index (χ0v) is 32.7. The monoisotopic (exact) mass is 791 g/mol. The Bertz CT molecular complexity index is 2470. The number of aromatic nitrogens is 6. The van der Waals surface area contributed by atoms with Crippen LogP contribution in [0.1, 0.15) is 49.6 Å². The van der Waals surface area contributed by atoms with Crippen LogP contribution < -0.4 is 10.5 Å². The van der Waals surface area contributed by atoms with Crippen molar-refractivity contribution >= 4 is 33.2 Å². The molecule has 0 unspecified atom stereocenters. The lowest BCUT2D eigenvalue weighted by atomic mass is 9.77. The maximum absolute atomic E-state index is 15.0. The number of para-hydroxylation sites is 1. The van der Waals surface area contributed by atoms with Crippen molar-refractivity contribution in [3.8, 4) is 55.9 Å². The van der Waals surface area contributed by atoms with Gasteiger partial charge in [0, 0.05) is 34.8 Å². The third-order valence-corrected chi connectivity index (χ3v) is 10.4. The summed E-state index contributed by atoms with van der Waals surface area (Å²) in [7, 11) is 0. The fourth-order valence-electron chi connectivity index (χ4n) is 7.42. The van der Waals surface area contributed by atoms with Crippen LogP contribution in [0.2, 0.25) is 0 Å². The van der Waals surface area contributed by atoms with Crippen molar-refractivity contribution in [2.75, 3.05) is 10.2 Å². The van der Waals surface area contributed by atoms with Crippen molar-refractivity contribution in [1.82, 2.24) is 30.6 Å². The molecule has 0 radical (unpaired) electrons. The number of hydrogen-bond donors (Lipinski definition) is 2. The van der Waals surface area contributed by atoms with Gasteiger partial charge in [0.15, 0.2) is 5.82 Å². The average molecular weight is 793 g/mol. The van der Waals surface area contributed by atoms with Gasteiger partial charge in [-0.1, -0.05) is 126 Å². The molecule has 9 nitrogen and oxygen atoms in total. The molecular weight excluding hydrogens is 750 g/mol. The van der Waals surface area contributed by atoms with Crippen LogP contribution >= 0.6 is 15.9 Å². The first-order valence-corrected chi connectivity index (χ1v) is 19.7. The molecule has 55 heavy (non-hydrogen) atoms. The number of unbranched alkanes of at least 4 members (excludes halogenated alkanes) is 1. The molecule has 276 valence electrons. The minimum atomic E-state index is -0.309. The summed E-state index contributed by atoms with van der Waals surface area (Å²) in [5.74, 6) is 0.697. The lowest BCUT2D eigenvalue weighted by molar-refractivity contribution is -0.117. The lowest BCUT2D eigenvalue weighted by Crippen LogP contribution is -2.28. The highest BCUT2D eigenvalue weighted by molar-refractivity contribution is 9.09. The SMILES string of the molecule is CCCCc1c(-c2ccccc2)c(-c2cnc(C)[nH]c2=O)c(-c2nnn[nH]2)c(N(C(=O)CCCBr)c2ccccc2)c1-c1cccc(C)c1-c1ccccc1. The standard InChI is InChI=1S/C45H42BrN7O2/c1-4-5-24-35-39(32-20-11-7-12-21-32)41(36-28-47-30(3)48-45(36)55)42(44-49-51-52-50-44)43(53(37(54)26-16-27-46)33-22-13-8-14-23-33)40(35)34-25-15-17-29(2)38(34)31-18-9-6-10-19-31/h6-15,17-23,25,28H,4-5,16,24,26-27H2,1-3H3,(H,47,48,55)(H,49,50,51,52). The van der Waals surface area contributed by atoms with Crippen LogP contribution in [0, 0.1) is 13.8 Å². The zero-order valence-electron chi connectivity index (χ0n) is 31.1. The number of carbonyl (C=O) groups is 1. The van der Waals surface area contributed by atoms with Gasteiger partial charge in [0.1, 0.15) is 5.82 Å². The number of carbonyl (C=O) groups excluding carboxylic acids is 1. The van der Waals surface area contributed by atoms with Crippen LogP contribution in [0.15, 0.2) is 120 Å². The van der Waals surface area contributed by atoms with Gasteiger partial charge in [-0.15, -0.1) is 5.10 Å². The summed E-state index contributed by atoms with van der Waals surface area (Å²) in [6.07, 6.45) is 4.94. The molecule has 0 spiro atoms. The summed E-state index contributed by atoms with van der Waals surface area (Å²) < 4.78 is 0. The largest absolute Gasteiger partial charge is 0.310 e. The van der Waals surface area contributed by atoms with Gasteiger partial charge in [-0.3, -0.25) is 14.5 Å². The predicted octanol–water partition coefficient (Wildman–Crippen LogP) is 10.4. The Kier molecular flexibility index (Phi) is 11.5.